The van der Waals surface area contributed by atoms with Crippen LogP contribution in [0.2, 0.25) is 0 Å². The molecule has 5 rings (SSSR count). The van der Waals surface area contributed by atoms with Crippen molar-refractivity contribution in [1.82, 2.24) is 0 Å². The van der Waals surface area contributed by atoms with Gasteiger partial charge in [-0.25, -0.2) is 0 Å². The first-order valence-corrected chi connectivity index (χ1v) is 18.0. The third-order valence-corrected chi connectivity index (χ3v) is 13.7. The number of hydrogen-bond donors (Lipinski definition) is 3. The van der Waals surface area contributed by atoms with E-state index in [1.165, 1.54) is 82.7 Å². The van der Waals surface area contributed by atoms with Crippen LogP contribution < -0.4 is 10.2 Å². The van der Waals surface area contributed by atoms with E-state index in [1.54, 1.807) is 0 Å². The molecule has 0 spiro atoms. The van der Waals surface area contributed by atoms with Crippen molar-refractivity contribution in [3.8, 4) is 0 Å². The van der Waals surface area contributed by atoms with E-state index in [4.69, 9.17) is 0 Å². The fourth-order valence-corrected chi connectivity index (χ4v) is 11.5. The fraction of sp³-hybridized carbons (Fsp3) is 0.842. The van der Waals surface area contributed by atoms with Gasteiger partial charge in [-0.1, -0.05) is 60.3 Å². The van der Waals surface area contributed by atoms with Crippen molar-refractivity contribution in [3.63, 3.8) is 0 Å². The highest BCUT2D eigenvalue weighted by Crippen LogP contribution is 2.69. The van der Waals surface area contributed by atoms with Gasteiger partial charge >= 0.3 is 0 Å². The van der Waals surface area contributed by atoms with Gasteiger partial charge in [0.1, 0.15) is 0 Å². The molecule has 4 saturated carbocycles. The fourth-order valence-electron chi connectivity index (χ4n) is 11.5. The Morgan fingerprint density at radius 1 is 0.857 bits per heavy atom. The third kappa shape index (κ3) is 6.28. The number of benzene rings is 1. The van der Waals surface area contributed by atoms with Crippen molar-refractivity contribution < 1.29 is 10.2 Å². The molecular formula is C38H64N2O2. The summed E-state index contributed by atoms with van der Waals surface area (Å²) in [7, 11) is 0. The van der Waals surface area contributed by atoms with Crippen LogP contribution in [0.25, 0.3) is 0 Å². The maximum atomic E-state index is 9.42. The molecule has 4 aliphatic rings. The number of hydrogen-bond acceptors (Lipinski definition) is 4. The van der Waals surface area contributed by atoms with Crippen molar-refractivity contribution in [2.45, 2.75) is 112 Å². The third-order valence-electron chi connectivity index (χ3n) is 13.7. The lowest BCUT2D eigenvalue weighted by atomic mass is 9.42. The SMILES string of the molecule is CC(C)CCC[C@@H](C)[C@H]1CC[C@H]2[C@@H]3CCC4CCCC(CNc5ccc(N(CCO)CCO)cc5)[C@]4(C)[C@H]3CC[C@]12C. The van der Waals surface area contributed by atoms with Crippen molar-refractivity contribution in [3.05, 3.63) is 24.3 Å². The summed E-state index contributed by atoms with van der Waals surface area (Å²) >= 11 is 0. The number of nitrogens with zero attached hydrogens (tertiary/aromatic N) is 1. The predicted molar refractivity (Wildman–Crippen MR) is 178 cm³/mol. The number of fused-ring (bicyclic) bond motifs is 5. The molecule has 4 nitrogen and oxygen atoms in total. The molecule has 4 aliphatic carbocycles. The van der Waals surface area contributed by atoms with Crippen molar-refractivity contribution in [2.75, 3.05) is 43.1 Å². The maximum absolute atomic E-state index is 9.42. The molecule has 0 heterocycles. The van der Waals surface area contributed by atoms with E-state index >= 15 is 0 Å². The zero-order valence-electron chi connectivity index (χ0n) is 27.8. The number of anilines is 2. The Kier molecular flexibility index (Phi) is 10.6. The summed E-state index contributed by atoms with van der Waals surface area (Å²) in [5, 5.41) is 22.7. The summed E-state index contributed by atoms with van der Waals surface area (Å²) in [6.07, 6.45) is 17.4. The molecule has 0 aromatic heterocycles. The lowest BCUT2D eigenvalue weighted by molar-refractivity contribution is -0.137. The molecule has 1 aromatic rings. The Morgan fingerprint density at radius 2 is 1.60 bits per heavy atom. The number of rotatable bonds is 13. The molecule has 238 valence electrons. The largest absolute Gasteiger partial charge is 0.395 e. The van der Waals surface area contributed by atoms with Crippen molar-refractivity contribution >= 4 is 11.4 Å². The van der Waals surface area contributed by atoms with Gasteiger partial charge in [-0.05, 0) is 134 Å². The second kappa shape index (κ2) is 13.8. The molecule has 42 heavy (non-hydrogen) atoms. The minimum atomic E-state index is 0.0988. The van der Waals surface area contributed by atoms with Gasteiger partial charge in [0.25, 0.3) is 0 Å². The number of aliphatic hydroxyl groups excluding tert-OH is 2. The summed E-state index contributed by atoms with van der Waals surface area (Å²) in [5.41, 5.74) is 3.31. The van der Waals surface area contributed by atoms with Gasteiger partial charge in [0.05, 0.1) is 13.2 Å². The smallest absolute Gasteiger partial charge is 0.0606 e. The highest BCUT2D eigenvalue weighted by Gasteiger charge is 2.61. The second-order valence-corrected chi connectivity index (χ2v) is 16.0. The highest BCUT2D eigenvalue weighted by molar-refractivity contribution is 5.55. The van der Waals surface area contributed by atoms with E-state index in [0.29, 0.717) is 23.9 Å². The first-order chi connectivity index (χ1) is 20.2. The van der Waals surface area contributed by atoms with E-state index < -0.39 is 0 Å². The van der Waals surface area contributed by atoms with E-state index in [9.17, 15) is 10.2 Å². The zero-order valence-corrected chi connectivity index (χ0v) is 27.8. The van der Waals surface area contributed by atoms with Crippen LogP contribution in [0, 0.1) is 58.2 Å². The highest BCUT2D eigenvalue weighted by atomic mass is 16.3. The van der Waals surface area contributed by atoms with E-state index in [2.05, 4.69) is 69.1 Å². The standard InChI is InChI=1S/C38H64N2O2/c1-27(2)8-6-9-28(3)34-18-19-35-33-17-12-29-10-7-11-30(38(29,5)36(33)20-21-37(34,35)4)26-39-31-13-15-32(16-14-31)40(22-24-41)23-25-42/h13-16,27-30,33-36,39,41-42H,6-12,17-26H2,1-5H3/t28-,29?,30?,33+,34-,35+,36+,37-,38-/m1/s1. The molecule has 9 atom stereocenters. The minimum absolute atomic E-state index is 0.0988. The maximum Gasteiger partial charge on any atom is 0.0606 e. The lowest BCUT2D eigenvalue weighted by Crippen LogP contribution is -2.57. The predicted octanol–water partition coefficient (Wildman–Crippen LogP) is 8.63. The number of nitrogens with one attached hydrogen (secondary N) is 1. The monoisotopic (exact) mass is 580 g/mol. The van der Waals surface area contributed by atoms with Crippen LogP contribution in [0.1, 0.15) is 112 Å². The molecule has 0 saturated heterocycles. The lowest BCUT2D eigenvalue weighted by Gasteiger charge is -2.63. The summed E-state index contributed by atoms with van der Waals surface area (Å²) in [5.74, 6) is 7.14. The molecule has 0 radical (unpaired) electrons. The topological polar surface area (TPSA) is 55.7 Å². The minimum Gasteiger partial charge on any atom is -0.395 e. The Balaban J connectivity index is 1.26. The molecule has 4 fully saturated rings. The molecule has 3 N–H and O–H groups in total. The molecular weight excluding hydrogens is 516 g/mol. The molecule has 0 aliphatic heterocycles. The summed E-state index contributed by atoms with van der Waals surface area (Å²) in [6, 6.07) is 8.66. The van der Waals surface area contributed by atoms with E-state index in [-0.39, 0.29) is 13.2 Å². The molecule has 0 bridgehead atoms. The van der Waals surface area contributed by atoms with Gasteiger partial charge in [-0.3, -0.25) is 0 Å². The first kappa shape index (κ1) is 32.1. The van der Waals surface area contributed by atoms with Gasteiger partial charge in [0, 0.05) is 31.0 Å². The first-order valence-electron chi connectivity index (χ1n) is 18.0. The van der Waals surface area contributed by atoms with Gasteiger partial charge < -0.3 is 20.4 Å². The quantitative estimate of drug-likeness (QED) is 0.219. The normalized spacial score (nSPS) is 36.7. The van der Waals surface area contributed by atoms with Crippen molar-refractivity contribution in [2.24, 2.45) is 58.2 Å². The van der Waals surface area contributed by atoms with Gasteiger partial charge in [-0.2, -0.15) is 0 Å². The molecule has 4 heteroatoms. The van der Waals surface area contributed by atoms with Crippen LogP contribution in [0.3, 0.4) is 0 Å². The summed E-state index contributed by atoms with van der Waals surface area (Å²) in [4.78, 5) is 2.05. The Morgan fingerprint density at radius 3 is 2.29 bits per heavy atom. The molecule has 2 unspecified atom stereocenters. The Hall–Kier alpha value is -1.26. The van der Waals surface area contributed by atoms with Gasteiger partial charge in [0.15, 0.2) is 0 Å². The van der Waals surface area contributed by atoms with Crippen LogP contribution >= 0.6 is 0 Å². The molecule has 0 amide bonds. The Labute approximate surface area is 258 Å². The zero-order chi connectivity index (χ0) is 29.9. The van der Waals surface area contributed by atoms with Crippen LogP contribution in [-0.2, 0) is 0 Å². The molecule has 1 aromatic carbocycles. The van der Waals surface area contributed by atoms with Gasteiger partial charge in [0.2, 0.25) is 0 Å². The Bertz CT molecular complexity index is 974. The number of aliphatic hydroxyl groups is 2. The van der Waals surface area contributed by atoms with Crippen LogP contribution in [-0.4, -0.2) is 43.1 Å². The van der Waals surface area contributed by atoms with Crippen LogP contribution in [0.5, 0.6) is 0 Å². The van der Waals surface area contributed by atoms with Crippen molar-refractivity contribution in [1.29, 1.82) is 0 Å². The summed E-state index contributed by atoms with van der Waals surface area (Å²) in [6.45, 7) is 15.2. The average Bonchev–Trinajstić information content (AvgIpc) is 3.33. The van der Waals surface area contributed by atoms with Gasteiger partial charge in [-0.15, -0.1) is 0 Å². The second-order valence-electron chi connectivity index (χ2n) is 16.0. The van der Waals surface area contributed by atoms with E-state index in [0.717, 1.165) is 59.6 Å². The van der Waals surface area contributed by atoms with Crippen LogP contribution in [0.15, 0.2) is 24.3 Å². The van der Waals surface area contributed by atoms with E-state index in [1.807, 2.05) is 0 Å². The summed E-state index contributed by atoms with van der Waals surface area (Å²) < 4.78 is 0. The average molecular weight is 581 g/mol. The van der Waals surface area contributed by atoms with Crippen LogP contribution in [0.4, 0.5) is 11.4 Å².